The molecule has 0 fully saturated rings. The van der Waals surface area contributed by atoms with E-state index in [1.807, 2.05) is 54.6 Å². The van der Waals surface area contributed by atoms with Crippen LogP contribution >= 0.6 is 15.9 Å². The Balaban J connectivity index is 1.63. The van der Waals surface area contributed by atoms with Gasteiger partial charge in [0.05, 0.1) is 12.3 Å². The van der Waals surface area contributed by atoms with Gasteiger partial charge in [-0.05, 0) is 46.6 Å². The van der Waals surface area contributed by atoms with Crippen LogP contribution in [0.5, 0.6) is 5.75 Å². The Labute approximate surface area is 132 Å². The average Bonchev–Trinajstić information content (AvgIpc) is 2.50. The van der Waals surface area contributed by atoms with Gasteiger partial charge in [0.1, 0.15) is 5.75 Å². The molecule has 0 aliphatic carbocycles. The Kier molecular flexibility index (Phi) is 6.09. The molecule has 4 nitrogen and oxygen atoms in total. The van der Waals surface area contributed by atoms with Crippen molar-refractivity contribution in [3.63, 3.8) is 0 Å². The maximum Gasteiger partial charge on any atom is 0.319 e. The zero-order chi connectivity index (χ0) is 14.9. The van der Waals surface area contributed by atoms with Crippen LogP contribution in [0, 0.1) is 0 Å². The molecule has 0 saturated heterocycles. The predicted molar refractivity (Wildman–Crippen MR) is 87.7 cm³/mol. The maximum atomic E-state index is 11.7. The summed E-state index contributed by atoms with van der Waals surface area (Å²) >= 11 is 3.38. The van der Waals surface area contributed by atoms with E-state index in [4.69, 9.17) is 4.74 Å². The smallest absolute Gasteiger partial charge is 0.319 e. The molecule has 0 aliphatic rings. The number of rotatable bonds is 6. The lowest BCUT2D eigenvalue weighted by Crippen LogP contribution is -2.30. The SMILES string of the molecule is O=C(NCCCOc1ccccc1)Nc1ccccc1Br. The minimum atomic E-state index is -0.221. The van der Waals surface area contributed by atoms with Crippen LogP contribution in [-0.2, 0) is 0 Å². The highest BCUT2D eigenvalue weighted by Crippen LogP contribution is 2.20. The van der Waals surface area contributed by atoms with Gasteiger partial charge in [-0.3, -0.25) is 0 Å². The summed E-state index contributed by atoms with van der Waals surface area (Å²) < 4.78 is 6.40. The molecule has 0 bridgehead atoms. The van der Waals surface area contributed by atoms with Crippen LogP contribution in [0.2, 0.25) is 0 Å². The van der Waals surface area contributed by atoms with Crippen LogP contribution in [0.4, 0.5) is 10.5 Å². The molecular formula is C16H17BrN2O2. The molecule has 2 N–H and O–H groups in total. The molecule has 0 aromatic heterocycles. The van der Waals surface area contributed by atoms with Crippen molar-refractivity contribution in [2.45, 2.75) is 6.42 Å². The van der Waals surface area contributed by atoms with Gasteiger partial charge in [0, 0.05) is 11.0 Å². The molecule has 0 spiro atoms. The number of nitrogens with one attached hydrogen (secondary N) is 2. The molecule has 5 heteroatoms. The number of carbonyl (C=O) groups is 1. The van der Waals surface area contributed by atoms with Crippen molar-refractivity contribution >= 4 is 27.6 Å². The molecule has 0 radical (unpaired) electrons. The summed E-state index contributed by atoms with van der Waals surface area (Å²) in [7, 11) is 0. The van der Waals surface area contributed by atoms with Crippen LogP contribution in [0.15, 0.2) is 59.1 Å². The minimum Gasteiger partial charge on any atom is -0.494 e. The van der Waals surface area contributed by atoms with Crippen molar-refractivity contribution in [2.75, 3.05) is 18.5 Å². The fraction of sp³-hybridized carbons (Fsp3) is 0.188. The molecule has 2 aromatic rings. The van der Waals surface area contributed by atoms with Gasteiger partial charge >= 0.3 is 6.03 Å². The highest BCUT2D eigenvalue weighted by atomic mass is 79.9. The van der Waals surface area contributed by atoms with E-state index < -0.39 is 0 Å². The third kappa shape index (κ3) is 5.47. The fourth-order valence-corrected chi connectivity index (χ4v) is 2.09. The second-order valence-corrected chi connectivity index (χ2v) is 5.23. The van der Waals surface area contributed by atoms with Gasteiger partial charge in [0.25, 0.3) is 0 Å². The summed E-state index contributed by atoms with van der Waals surface area (Å²) in [6.45, 7) is 1.13. The Bertz CT molecular complexity index is 575. The Hall–Kier alpha value is -2.01. The topological polar surface area (TPSA) is 50.4 Å². The first-order chi connectivity index (χ1) is 10.3. The summed E-state index contributed by atoms with van der Waals surface area (Å²) in [6, 6.07) is 16.9. The molecule has 2 rings (SSSR count). The summed E-state index contributed by atoms with van der Waals surface area (Å²) in [5.41, 5.74) is 0.746. The number of anilines is 1. The second-order valence-electron chi connectivity index (χ2n) is 4.38. The summed E-state index contributed by atoms with van der Waals surface area (Å²) in [5.74, 6) is 0.843. The number of para-hydroxylation sites is 2. The van der Waals surface area contributed by atoms with Crippen LogP contribution in [0.25, 0.3) is 0 Å². The number of urea groups is 1. The summed E-state index contributed by atoms with van der Waals surface area (Å²) in [5, 5.41) is 5.57. The first-order valence-electron chi connectivity index (χ1n) is 6.73. The lowest BCUT2D eigenvalue weighted by Gasteiger charge is -2.09. The van der Waals surface area contributed by atoms with Crippen LogP contribution in [-0.4, -0.2) is 19.2 Å². The Morgan fingerprint density at radius 3 is 2.52 bits per heavy atom. The quantitative estimate of drug-likeness (QED) is 0.774. The molecule has 2 amide bonds. The highest BCUT2D eigenvalue weighted by molar-refractivity contribution is 9.10. The van der Waals surface area contributed by atoms with Crippen molar-refractivity contribution in [1.29, 1.82) is 0 Å². The number of ether oxygens (including phenoxy) is 1. The van der Waals surface area contributed by atoms with E-state index in [0.717, 1.165) is 22.3 Å². The standard InChI is InChI=1S/C16H17BrN2O2/c17-14-9-4-5-10-15(14)19-16(20)18-11-6-12-21-13-7-2-1-3-8-13/h1-5,7-10H,6,11-12H2,(H2,18,19,20). The Morgan fingerprint density at radius 2 is 1.76 bits per heavy atom. The third-order valence-electron chi connectivity index (χ3n) is 2.74. The van der Waals surface area contributed by atoms with Gasteiger partial charge in [-0.2, -0.15) is 0 Å². The average molecular weight is 349 g/mol. The predicted octanol–water partition coefficient (Wildman–Crippen LogP) is 4.04. The molecule has 0 saturated carbocycles. The lowest BCUT2D eigenvalue weighted by atomic mass is 10.3. The molecule has 110 valence electrons. The van der Waals surface area contributed by atoms with E-state index in [9.17, 15) is 4.79 Å². The number of halogens is 1. The summed E-state index contributed by atoms with van der Waals surface area (Å²) in [4.78, 5) is 11.7. The molecule has 0 atom stereocenters. The largest absolute Gasteiger partial charge is 0.494 e. The van der Waals surface area contributed by atoms with Gasteiger partial charge in [-0.15, -0.1) is 0 Å². The lowest BCUT2D eigenvalue weighted by molar-refractivity contribution is 0.250. The molecule has 0 aliphatic heterocycles. The van der Waals surface area contributed by atoms with E-state index in [1.165, 1.54) is 0 Å². The Morgan fingerprint density at radius 1 is 1.05 bits per heavy atom. The summed E-state index contributed by atoms with van der Waals surface area (Å²) in [6.07, 6.45) is 0.748. The molecule has 0 heterocycles. The van der Waals surface area contributed by atoms with E-state index in [-0.39, 0.29) is 6.03 Å². The molecule has 2 aromatic carbocycles. The number of hydrogen-bond donors (Lipinski definition) is 2. The molecule has 21 heavy (non-hydrogen) atoms. The van der Waals surface area contributed by atoms with Gasteiger partial charge in [-0.1, -0.05) is 30.3 Å². The van der Waals surface area contributed by atoms with Crippen molar-refractivity contribution < 1.29 is 9.53 Å². The zero-order valence-corrected chi connectivity index (χ0v) is 13.1. The van der Waals surface area contributed by atoms with E-state index in [2.05, 4.69) is 26.6 Å². The number of amides is 2. The molecular weight excluding hydrogens is 332 g/mol. The number of hydrogen-bond acceptors (Lipinski definition) is 2. The molecule has 0 unspecified atom stereocenters. The van der Waals surface area contributed by atoms with Gasteiger partial charge in [-0.25, -0.2) is 4.79 Å². The monoisotopic (exact) mass is 348 g/mol. The number of carbonyl (C=O) groups excluding carboxylic acids is 1. The fourth-order valence-electron chi connectivity index (χ4n) is 1.71. The zero-order valence-electron chi connectivity index (χ0n) is 11.5. The maximum absolute atomic E-state index is 11.7. The van der Waals surface area contributed by atoms with E-state index in [0.29, 0.717) is 13.2 Å². The minimum absolute atomic E-state index is 0.221. The first kappa shape index (κ1) is 15.4. The van der Waals surface area contributed by atoms with Gasteiger partial charge in [0.2, 0.25) is 0 Å². The van der Waals surface area contributed by atoms with Crippen LogP contribution in [0.3, 0.4) is 0 Å². The van der Waals surface area contributed by atoms with Crippen LogP contribution in [0.1, 0.15) is 6.42 Å². The normalized spacial score (nSPS) is 9.95. The third-order valence-corrected chi connectivity index (χ3v) is 3.43. The van der Waals surface area contributed by atoms with Crippen molar-refractivity contribution in [2.24, 2.45) is 0 Å². The van der Waals surface area contributed by atoms with Crippen molar-refractivity contribution in [3.05, 3.63) is 59.1 Å². The van der Waals surface area contributed by atoms with Gasteiger partial charge in [0.15, 0.2) is 0 Å². The van der Waals surface area contributed by atoms with Gasteiger partial charge < -0.3 is 15.4 Å². The first-order valence-corrected chi connectivity index (χ1v) is 7.52. The van der Waals surface area contributed by atoms with Crippen LogP contribution < -0.4 is 15.4 Å². The van der Waals surface area contributed by atoms with Crippen molar-refractivity contribution in [3.8, 4) is 5.75 Å². The van der Waals surface area contributed by atoms with E-state index in [1.54, 1.807) is 0 Å². The van der Waals surface area contributed by atoms with Crippen molar-refractivity contribution in [1.82, 2.24) is 5.32 Å². The second kappa shape index (κ2) is 8.32. The number of benzene rings is 2. The highest BCUT2D eigenvalue weighted by Gasteiger charge is 2.03. The van der Waals surface area contributed by atoms with E-state index >= 15 is 0 Å².